The minimum absolute atomic E-state index is 0.0890. The van der Waals surface area contributed by atoms with Gasteiger partial charge in [-0.05, 0) is 61.6 Å². The minimum atomic E-state index is -0.992. The summed E-state index contributed by atoms with van der Waals surface area (Å²) in [5.74, 6) is 0.824. The Kier molecular flexibility index (Phi) is 5.67. The maximum atomic E-state index is 11.3. The predicted molar refractivity (Wildman–Crippen MR) is 121 cm³/mol. The Morgan fingerprint density at radius 1 is 1.32 bits per heavy atom. The second-order valence-corrected chi connectivity index (χ2v) is 9.77. The summed E-state index contributed by atoms with van der Waals surface area (Å²) in [4.78, 5) is 23.1. The molecule has 2 aromatic heterocycles. The molecule has 0 aliphatic carbocycles. The maximum absolute atomic E-state index is 11.3. The first-order chi connectivity index (χ1) is 15.0. The largest absolute Gasteiger partial charge is 0.465 e. The predicted octanol–water partition coefficient (Wildman–Crippen LogP) is 2.77. The summed E-state index contributed by atoms with van der Waals surface area (Å²) in [6, 6.07) is -0.188. The van der Waals surface area contributed by atoms with Crippen LogP contribution in [-0.2, 0) is 9.47 Å². The third kappa shape index (κ3) is 3.84. The summed E-state index contributed by atoms with van der Waals surface area (Å²) in [5, 5.41) is 16.6. The van der Waals surface area contributed by atoms with Gasteiger partial charge in [-0.3, -0.25) is 0 Å². The van der Waals surface area contributed by atoms with E-state index >= 15 is 0 Å². The second-order valence-electron chi connectivity index (χ2n) is 8.75. The van der Waals surface area contributed by atoms with Gasteiger partial charge in [-0.2, -0.15) is 5.10 Å². The van der Waals surface area contributed by atoms with Gasteiger partial charge in [-0.15, -0.1) is 0 Å². The van der Waals surface area contributed by atoms with Crippen molar-refractivity contribution in [3.63, 3.8) is 0 Å². The number of hydrogen-bond donors (Lipinski definition) is 2. The van der Waals surface area contributed by atoms with E-state index in [1.807, 2.05) is 17.8 Å². The average Bonchev–Trinajstić information content (AvgIpc) is 3.27. The first-order valence-corrected chi connectivity index (χ1v) is 11.9. The van der Waals surface area contributed by atoms with Gasteiger partial charge in [-0.25, -0.2) is 19.4 Å². The van der Waals surface area contributed by atoms with E-state index in [2.05, 4.69) is 42.9 Å². The Balaban J connectivity index is 1.37. The topological polar surface area (TPSA) is 115 Å². The number of anilines is 1. The molecule has 1 spiro atoms. The number of aromatic nitrogens is 4. The summed E-state index contributed by atoms with van der Waals surface area (Å²) < 4.78 is 14.5. The SMILES string of the molecule is C[C@@H]1OCC2(CCN(c3cnc4c(I)nn(C5CCCCO5)c4n3)CC2)[C@@H]1NC(=O)O. The van der Waals surface area contributed by atoms with Crippen molar-refractivity contribution in [1.82, 2.24) is 25.1 Å². The number of piperidine rings is 1. The van der Waals surface area contributed by atoms with Gasteiger partial charge < -0.3 is 24.8 Å². The summed E-state index contributed by atoms with van der Waals surface area (Å²) >= 11 is 2.20. The van der Waals surface area contributed by atoms with Crippen LogP contribution in [0.1, 0.15) is 45.3 Å². The monoisotopic (exact) mass is 542 g/mol. The van der Waals surface area contributed by atoms with E-state index in [4.69, 9.17) is 14.5 Å². The van der Waals surface area contributed by atoms with Gasteiger partial charge in [-0.1, -0.05) is 0 Å². The number of rotatable bonds is 3. The van der Waals surface area contributed by atoms with E-state index in [1.165, 1.54) is 0 Å². The van der Waals surface area contributed by atoms with Crippen molar-refractivity contribution in [1.29, 1.82) is 0 Å². The van der Waals surface area contributed by atoms with Crippen molar-refractivity contribution < 1.29 is 19.4 Å². The number of nitrogens with one attached hydrogen (secondary N) is 1. The molecule has 3 aliphatic heterocycles. The quantitative estimate of drug-likeness (QED) is 0.570. The lowest BCUT2D eigenvalue weighted by Gasteiger charge is -2.42. The summed E-state index contributed by atoms with van der Waals surface area (Å²) in [5.41, 5.74) is 1.40. The zero-order valence-corrected chi connectivity index (χ0v) is 19.6. The molecular weight excluding hydrogens is 515 g/mol. The van der Waals surface area contributed by atoms with Crippen molar-refractivity contribution in [2.45, 2.75) is 57.4 Å². The van der Waals surface area contributed by atoms with Crippen molar-refractivity contribution in [2.24, 2.45) is 5.41 Å². The molecule has 1 unspecified atom stereocenters. The molecule has 5 heterocycles. The molecule has 168 valence electrons. The average molecular weight is 542 g/mol. The van der Waals surface area contributed by atoms with Crippen LogP contribution in [-0.4, -0.2) is 69.4 Å². The third-order valence-corrected chi connectivity index (χ3v) is 7.63. The van der Waals surface area contributed by atoms with Crippen LogP contribution in [0.25, 0.3) is 11.2 Å². The number of carbonyl (C=O) groups is 1. The van der Waals surface area contributed by atoms with Crippen LogP contribution in [0.15, 0.2) is 6.20 Å². The summed E-state index contributed by atoms with van der Waals surface area (Å²) in [6.45, 7) is 4.83. The number of halogens is 1. The normalized spacial score (nSPS) is 28.3. The highest BCUT2D eigenvalue weighted by atomic mass is 127. The van der Waals surface area contributed by atoms with E-state index in [9.17, 15) is 9.90 Å². The lowest BCUT2D eigenvalue weighted by molar-refractivity contribution is -0.0372. The Labute approximate surface area is 193 Å². The van der Waals surface area contributed by atoms with Gasteiger partial charge in [0.15, 0.2) is 15.6 Å². The standard InChI is InChI=1S/C20H27IN6O4/c1-12-16(24-19(28)29)20(11-31-12)5-7-26(8-6-20)13-10-22-15-17(21)25-27(18(15)23-13)14-4-2-3-9-30-14/h10,12,14,16,24H,2-9,11H2,1H3,(H,28,29)/t12-,14?,16+/m0/s1. The summed E-state index contributed by atoms with van der Waals surface area (Å²) in [6.07, 6.45) is 5.43. The van der Waals surface area contributed by atoms with Crippen LogP contribution in [0.4, 0.5) is 10.6 Å². The van der Waals surface area contributed by atoms with Crippen LogP contribution in [0.5, 0.6) is 0 Å². The first-order valence-electron chi connectivity index (χ1n) is 10.9. The molecular formula is C20H27IN6O4. The smallest absolute Gasteiger partial charge is 0.404 e. The second kappa shape index (κ2) is 8.32. The fourth-order valence-electron chi connectivity index (χ4n) is 5.16. The fourth-order valence-corrected chi connectivity index (χ4v) is 5.77. The molecule has 11 heteroatoms. The highest BCUT2D eigenvalue weighted by Gasteiger charge is 2.50. The van der Waals surface area contributed by atoms with Crippen LogP contribution in [0, 0.1) is 9.12 Å². The Morgan fingerprint density at radius 3 is 2.84 bits per heavy atom. The lowest BCUT2D eigenvalue weighted by Crippen LogP contribution is -2.54. The molecule has 0 bridgehead atoms. The molecule has 3 saturated heterocycles. The molecule has 3 aliphatic rings. The van der Waals surface area contributed by atoms with E-state index in [0.717, 1.165) is 72.5 Å². The van der Waals surface area contributed by atoms with E-state index < -0.39 is 6.09 Å². The Bertz CT molecular complexity index is 970. The first kappa shape index (κ1) is 21.1. The van der Waals surface area contributed by atoms with Crippen molar-refractivity contribution in [3.05, 3.63) is 9.90 Å². The number of hydrogen-bond acceptors (Lipinski definition) is 7. The van der Waals surface area contributed by atoms with Crippen molar-refractivity contribution in [3.8, 4) is 0 Å². The van der Waals surface area contributed by atoms with Gasteiger partial charge in [0.05, 0.1) is 24.9 Å². The Hall–Kier alpha value is -1.73. The molecule has 0 aromatic carbocycles. The number of carboxylic acid groups (broad SMARTS) is 1. The number of amides is 1. The molecule has 3 atom stereocenters. The molecule has 1 amide bonds. The summed E-state index contributed by atoms with van der Waals surface area (Å²) in [7, 11) is 0. The van der Waals surface area contributed by atoms with Gasteiger partial charge in [0, 0.05) is 25.1 Å². The molecule has 2 N–H and O–H groups in total. The van der Waals surface area contributed by atoms with Crippen LogP contribution in [0.2, 0.25) is 0 Å². The molecule has 31 heavy (non-hydrogen) atoms. The van der Waals surface area contributed by atoms with Crippen LogP contribution >= 0.6 is 22.6 Å². The number of nitrogens with zero attached hydrogens (tertiary/aromatic N) is 5. The fraction of sp³-hybridized carbons (Fsp3) is 0.700. The molecule has 0 saturated carbocycles. The lowest BCUT2D eigenvalue weighted by atomic mass is 9.73. The third-order valence-electron chi connectivity index (χ3n) is 6.90. The number of ether oxygens (including phenoxy) is 2. The maximum Gasteiger partial charge on any atom is 0.404 e. The van der Waals surface area contributed by atoms with Crippen LogP contribution < -0.4 is 10.2 Å². The highest BCUT2D eigenvalue weighted by molar-refractivity contribution is 14.1. The molecule has 2 aromatic rings. The highest BCUT2D eigenvalue weighted by Crippen LogP contribution is 2.43. The van der Waals surface area contributed by atoms with Gasteiger partial charge >= 0.3 is 6.09 Å². The van der Waals surface area contributed by atoms with Gasteiger partial charge in [0.2, 0.25) is 0 Å². The van der Waals surface area contributed by atoms with Crippen LogP contribution in [0.3, 0.4) is 0 Å². The molecule has 0 radical (unpaired) electrons. The molecule has 3 fully saturated rings. The minimum Gasteiger partial charge on any atom is -0.465 e. The molecule has 10 nitrogen and oxygen atoms in total. The molecule has 5 rings (SSSR count). The van der Waals surface area contributed by atoms with E-state index in [1.54, 1.807) is 0 Å². The van der Waals surface area contributed by atoms with Crippen molar-refractivity contribution >= 4 is 45.7 Å². The van der Waals surface area contributed by atoms with Gasteiger partial charge in [0.1, 0.15) is 11.3 Å². The zero-order chi connectivity index (χ0) is 21.6. The van der Waals surface area contributed by atoms with E-state index in [0.29, 0.717) is 6.61 Å². The van der Waals surface area contributed by atoms with Crippen molar-refractivity contribution in [2.75, 3.05) is 31.2 Å². The Morgan fingerprint density at radius 2 is 2.13 bits per heavy atom. The zero-order valence-electron chi connectivity index (χ0n) is 17.5. The van der Waals surface area contributed by atoms with Gasteiger partial charge in [0.25, 0.3) is 0 Å². The number of fused-ring (bicyclic) bond motifs is 1. The van der Waals surface area contributed by atoms with E-state index in [-0.39, 0.29) is 23.8 Å².